The number of nitrogens with zero attached hydrogens (tertiary/aromatic N) is 2. The first-order valence-electron chi connectivity index (χ1n) is 13.3. The summed E-state index contributed by atoms with van der Waals surface area (Å²) in [7, 11) is 0. The lowest BCUT2D eigenvalue weighted by molar-refractivity contribution is -0.0336. The number of carbonyl (C=O) groups excluding carboxylic acids is 1. The predicted molar refractivity (Wildman–Crippen MR) is 133 cm³/mol. The van der Waals surface area contributed by atoms with E-state index >= 15 is 0 Å². The van der Waals surface area contributed by atoms with Gasteiger partial charge in [-0.05, 0) is 92.3 Å². The summed E-state index contributed by atoms with van der Waals surface area (Å²) in [4.78, 5) is 17.1. The van der Waals surface area contributed by atoms with E-state index in [1.807, 2.05) is 18.2 Å². The molecule has 2 aromatic rings. The first kappa shape index (κ1) is 23.0. The molecule has 2 saturated heterocycles. The Hall–Kier alpha value is -2.44. The number of likely N-dealkylation sites (tertiary alicyclic amines) is 2. The molecule has 1 amide bonds. The van der Waals surface area contributed by atoms with Gasteiger partial charge < -0.3 is 19.6 Å². The highest BCUT2D eigenvalue weighted by Crippen LogP contribution is 2.42. The Bertz CT molecular complexity index is 1100. The molecule has 1 spiro atoms. The van der Waals surface area contributed by atoms with Gasteiger partial charge in [0.05, 0.1) is 11.7 Å². The van der Waals surface area contributed by atoms with E-state index in [-0.39, 0.29) is 23.2 Å². The summed E-state index contributed by atoms with van der Waals surface area (Å²) in [5, 5.41) is 9.67. The van der Waals surface area contributed by atoms with Crippen molar-refractivity contribution in [3.8, 4) is 16.9 Å². The van der Waals surface area contributed by atoms with Crippen LogP contribution >= 0.6 is 0 Å². The van der Waals surface area contributed by atoms with E-state index in [2.05, 4.69) is 11.0 Å². The molecule has 3 fully saturated rings. The van der Waals surface area contributed by atoms with Crippen LogP contribution in [0.15, 0.2) is 36.4 Å². The van der Waals surface area contributed by atoms with Crippen LogP contribution in [0.4, 0.5) is 4.39 Å². The van der Waals surface area contributed by atoms with Crippen LogP contribution in [0, 0.1) is 5.82 Å². The summed E-state index contributed by atoms with van der Waals surface area (Å²) in [6.45, 7) is 3.21. The zero-order chi connectivity index (χ0) is 24.0. The number of amides is 1. The largest absolute Gasteiger partial charge is 0.487 e. The Morgan fingerprint density at radius 2 is 1.66 bits per heavy atom. The van der Waals surface area contributed by atoms with Crippen molar-refractivity contribution in [3.05, 3.63) is 53.3 Å². The average molecular weight is 479 g/mol. The topological polar surface area (TPSA) is 53.0 Å². The van der Waals surface area contributed by atoms with Crippen LogP contribution in [-0.4, -0.2) is 64.7 Å². The molecule has 3 heterocycles. The molecule has 0 atom stereocenters. The molecule has 186 valence electrons. The van der Waals surface area contributed by atoms with Gasteiger partial charge in [0.25, 0.3) is 5.91 Å². The highest BCUT2D eigenvalue weighted by Gasteiger charge is 2.41. The van der Waals surface area contributed by atoms with E-state index in [0.29, 0.717) is 25.9 Å². The highest BCUT2D eigenvalue weighted by molar-refractivity contribution is 5.95. The van der Waals surface area contributed by atoms with E-state index in [0.717, 1.165) is 61.7 Å². The Morgan fingerprint density at radius 1 is 0.943 bits per heavy atom. The van der Waals surface area contributed by atoms with Gasteiger partial charge in [0, 0.05) is 32.2 Å². The van der Waals surface area contributed by atoms with E-state index in [1.165, 1.54) is 30.9 Å². The number of aliphatic hydroxyl groups excluding tert-OH is 1. The van der Waals surface area contributed by atoms with Crippen LogP contribution < -0.4 is 4.74 Å². The van der Waals surface area contributed by atoms with Gasteiger partial charge >= 0.3 is 0 Å². The first-order chi connectivity index (χ1) is 17.0. The van der Waals surface area contributed by atoms with Crippen LogP contribution in [0.1, 0.15) is 67.3 Å². The standard InChI is InChI=1S/C29H35FN2O3/c30-26-19-21(4-6-25(26)28(34)32-14-9-24(33)10-15-32)20-5-7-27-22(18-20)8-11-29(35-27)12-16-31(17-13-29)23-2-1-3-23/h4-7,18-19,23-24,33H,1-3,8-17H2. The third-order valence-electron chi connectivity index (χ3n) is 8.82. The maximum absolute atomic E-state index is 15.0. The molecule has 4 aliphatic rings. The molecule has 0 bridgehead atoms. The van der Waals surface area contributed by atoms with Crippen molar-refractivity contribution in [1.29, 1.82) is 0 Å². The molecule has 1 saturated carbocycles. The van der Waals surface area contributed by atoms with E-state index in [4.69, 9.17) is 4.74 Å². The molecule has 35 heavy (non-hydrogen) atoms. The molecule has 6 rings (SSSR count). The van der Waals surface area contributed by atoms with Crippen LogP contribution in [-0.2, 0) is 6.42 Å². The number of rotatable bonds is 3. The molecule has 0 radical (unpaired) electrons. The molecule has 0 aromatic heterocycles. The summed E-state index contributed by atoms with van der Waals surface area (Å²) in [6.07, 6.45) is 9.03. The number of aryl methyl sites for hydroxylation is 1. The summed E-state index contributed by atoms with van der Waals surface area (Å²) < 4.78 is 21.6. The summed E-state index contributed by atoms with van der Waals surface area (Å²) >= 11 is 0. The second-order valence-electron chi connectivity index (χ2n) is 10.9. The van der Waals surface area contributed by atoms with E-state index < -0.39 is 5.82 Å². The molecule has 6 heteroatoms. The molecule has 2 aromatic carbocycles. The fourth-order valence-electron chi connectivity index (χ4n) is 6.21. The number of ether oxygens (including phenoxy) is 1. The number of halogens is 1. The monoisotopic (exact) mass is 478 g/mol. The van der Waals surface area contributed by atoms with Gasteiger partial charge in [0.1, 0.15) is 17.2 Å². The van der Waals surface area contributed by atoms with Gasteiger partial charge in [-0.15, -0.1) is 0 Å². The number of fused-ring (bicyclic) bond motifs is 1. The third kappa shape index (κ3) is 4.47. The second kappa shape index (κ2) is 9.21. The van der Waals surface area contributed by atoms with Gasteiger partial charge in [-0.2, -0.15) is 0 Å². The van der Waals surface area contributed by atoms with Crippen molar-refractivity contribution in [3.63, 3.8) is 0 Å². The smallest absolute Gasteiger partial charge is 0.256 e. The lowest BCUT2D eigenvalue weighted by Crippen LogP contribution is -2.53. The average Bonchev–Trinajstić information content (AvgIpc) is 2.84. The SMILES string of the molecule is O=C(c1ccc(-c2ccc3c(c2)CCC2(CCN(C4CCC4)CC2)O3)cc1F)N1CCC(O)CC1. The third-order valence-corrected chi connectivity index (χ3v) is 8.82. The Labute approximate surface area is 206 Å². The number of carbonyl (C=O) groups is 1. The molecular weight excluding hydrogens is 443 g/mol. The van der Waals surface area contributed by atoms with Crippen LogP contribution in [0.3, 0.4) is 0 Å². The molecule has 0 unspecified atom stereocenters. The zero-order valence-corrected chi connectivity index (χ0v) is 20.3. The fraction of sp³-hybridized carbons (Fsp3) is 0.552. The van der Waals surface area contributed by atoms with Crippen molar-refractivity contribution in [1.82, 2.24) is 9.80 Å². The van der Waals surface area contributed by atoms with Crippen LogP contribution in [0.2, 0.25) is 0 Å². The van der Waals surface area contributed by atoms with Crippen molar-refractivity contribution >= 4 is 5.91 Å². The number of piperidine rings is 2. The van der Waals surface area contributed by atoms with Gasteiger partial charge in [0.2, 0.25) is 0 Å². The number of benzene rings is 2. The lowest BCUT2D eigenvalue weighted by atomic mass is 9.81. The summed E-state index contributed by atoms with van der Waals surface area (Å²) in [5.74, 6) is 0.176. The van der Waals surface area contributed by atoms with Crippen molar-refractivity contribution in [2.75, 3.05) is 26.2 Å². The molecule has 3 aliphatic heterocycles. The lowest BCUT2D eigenvalue weighted by Gasteiger charge is -2.48. The minimum atomic E-state index is -0.496. The van der Waals surface area contributed by atoms with Gasteiger partial charge in [-0.25, -0.2) is 4.39 Å². The minimum Gasteiger partial charge on any atom is -0.487 e. The number of hydrogen-bond donors (Lipinski definition) is 1. The van der Waals surface area contributed by atoms with E-state index in [9.17, 15) is 14.3 Å². The van der Waals surface area contributed by atoms with Crippen molar-refractivity contribution < 1.29 is 19.0 Å². The molecule has 1 N–H and O–H groups in total. The summed E-state index contributed by atoms with van der Waals surface area (Å²) in [6, 6.07) is 11.9. The van der Waals surface area contributed by atoms with Gasteiger partial charge in [0.15, 0.2) is 0 Å². The molecular formula is C29H35FN2O3. The predicted octanol–water partition coefficient (Wildman–Crippen LogP) is 4.80. The van der Waals surface area contributed by atoms with Crippen LogP contribution in [0.5, 0.6) is 5.75 Å². The number of aliphatic hydroxyl groups is 1. The maximum Gasteiger partial charge on any atom is 0.256 e. The molecule has 5 nitrogen and oxygen atoms in total. The van der Waals surface area contributed by atoms with Crippen LogP contribution in [0.25, 0.3) is 11.1 Å². The number of hydrogen-bond acceptors (Lipinski definition) is 4. The summed E-state index contributed by atoms with van der Waals surface area (Å²) in [5.41, 5.74) is 2.96. The minimum absolute atomic E-state index is 0.0343. The normalized spacial score (nSPS) is 23.0. The Kier molecular flexibility index (Phi) is 6.05. The van der Waals surface area contributed by atoms with Gasteiger partial charge in [-0.1, -0.05) is 18.6 Å². The van der Waals surface area contributed by atoms with Crippen molar-refractivity contribution in [2.45, 2.75) is 75.5 Å². The first-order valence-corrected chi connectivity index (χ1v) is 13.3. The Balaban J connectivity index is 1.14. The Morgan fingerprint density at radius 3 is 2.34 bits per heavy atom. The molecule has 1 aliphatic carbocycles. The fourth-order valence-corrected chi connectivity index (χ4v) is 6.21. The van der Waals surface area contributed by atoms with E-state index in [1.54, 1.807) is 11.0 Å². The quantitative estimate of drug-likeness (QED) is 0.689. The zero-order valence-electron chi connectivity index (χ0n) is 20.3. The maximum atomic E-state index is 15.0. The van der Waals surface area contributed by atoms with Crippen molar-refractivity contribution in [2.24, 2.45) is 0 Å². The highest BCUT2D eigenvalue weighted by atomic mass is 19.1. The second-order valence-corrected chi connectivity index (χ2v) is 10.9. The van der Waals surface area contributed by atoms with Gasteiger partial charge in [-0.3, -0.25) is 4.79 Å².